The van der Waals surface area contributed by atoms with Crippen LogP contribution in [0.2, 0.25) is 5.15 Å². The van der Waals surface area contributed by atoms with Crippen molar-refractivity contribution < 1.29 is 4.79 Å². The van der Waals surface area contributed by atoms with E-state index in [-0.39, 0.29) is 12.5 Å². The van der Waals surface area contributed by atoms with Crippen LogP contribution in [0.25, 0.3) is 5.78 Å². The maximum Gasteiger partial charge on any atom is 0.255 e. The molecule has 2 aromatic rings. The molecule has 0 saturated carbocycles. The summed E-state index contributed by atoms with van der Waals surface area (Å²) in [5.41, 5.74) is 0. The fourth-order valence-electron chi connectivity index (χ4n) is 1.23. The van der Waals surface area contributed by atoms with Crippen LogP contribution in [0.1, 0.15) is 0 Å². The summed E-state index contributed by atoms with van der Waals surface area (Å²) in [6.45, 7) is 0.155. The fourth-order valence-corrected chi connectivity index (χ4v) is 1.41. The zero-order valence-electron chi connectivity index (χ0n) is 9.38. The van der Waals surface area contributed by atoms with Gasteiger partial charge in [0.1, 0.15) is 17.3 Å². The van der Waals surface area contributed by atoms with Gasteiger partial charge in [0.25, 0.3) is 5.78 Å². The Morgan fingerprint density at radius 3 is 3.06 bits per heavy atom. The predicted molar refractivity (Wildman–Crippen MR) is 63.0 cm³/mol. The number of rotatable bonds is 3. The van der Waals surface area contributed by atoms with Crippen LogP contribution in [0, 0.1) is 0 Å². The SMILES string of the molecule is CN(C)C(=O)CNc1cc(Cl)nc2ncnn12. The summed E-state index contributed by atoms with van der Waals surface area (Å²) < 4.78 is 1.48. The Bertz CT molecular complexity index is 551. The van der Waals surface area contributed by atoms with Crippen LogP contribution in [0.15, 0.2) is 12.4 Å². The van der Waals surface area contributed by atoms with Crippen LogP contribution < -0.4 is 5.32 Å². The molecule has 7 nitrogen and oxygen atoms in total. The Hall–Kier alpha value is -1.89. The third-order valence-corrected chi connectivity index (χ3v) is 2.33. The maximum absolute atomic E-state index is 11.4. The molecule has 0 fully saturated rings. The molecule has 0 atom stereocenters. The Kier molecular flexibility index (Phi) is 3.10. The third-order valence-electron chi connectivity index (χ3n) is 2.14. The number of halogens is 1. The predicted octanol–water partition coefficient (Wildman–Crippen LogP) is 0.278. The smallest absolute Gasteiger partial charge is 0.255 e. The van der Waals surface area contributed by atoms with Crippen molar-refractivity contribution in [3.63, 3.8) is 0 Å². The third kappa shape index (κ3) is 2.44. The van der Waals surface area contributed by atoms with Gasteiger partial charge in [0.15, 0.2) is 0 Å². The highest BCUT2D eigenvalue weighted by Gasteiger charge is 2.08. The maximum atomic E-state index is 11.4. The zero-order valence-corrected chi connectivity index (χ0v) is 10.1. The lowest BCUT2D eigenvalue weighted by molar-refractivity contribution is -0.126. The number of aromatic nitrogens is 4. The highest BCUT2D eigenvalue weighted by atomic mass is 35.5. The molecule has 1 amide bonds. The Balaban J connectivity index is 2.23. The molecule has 2 heterocycles. The van der Waals surface area contributed by atoms with Gasteiger partial charge in [-0.2, -0.15) is 19.6 Å². The summed E-state index contributed by atoms with van der Waals surface area (Å²) in [6, 6.07) is 1.59. The standard InChI is InChI=1S/C9H11ClN6O/c1-15(2)8(17)4-11-7-3-6(10)14-9-12-5-13-16(7)9/h3,5,11H,4H2,1-2H3. The second kappa shape index (κ2) is 4.54. The zero-order chi connectivity index (χ0) is 12.4. The highest BCUT2D eigenvalue weighted by Crippen LogP contribution is 2.13. The van der Waals surface area contributed by atoms with Crippen molar-refractivity contribution in [2.75, 3.05) is 26.0 Å². The number of likely N-dealkylation sites (N-methyl/N-ethyl adjacent to an activating group) is 1. The van der Waals surface area contributed by atoms with Crippen LogP contribution in [0.4, 0.5) is 5.82 Å². The van der Waals surface area contributed by atoms with Gasteiger partial charge in [-0.25, -0.2) is 0 Å². The van der Waals surface area contributed by atoms with Crippen LogP contribution in [-0.4, -0.2) is 51.0 Å². The van der Waals surface area contributed by atoms with Crippen LogP contribution >= 0.6 is 11.6 Å². The molecule has 0 aliphatic carbocycles. The Labute approximate surface area is 102 Å². The van der Waals surface area contributed by atoms with Gasteiger partial charge in [-0.15, -0.1) is 0 Å². The molecule has 0 saturated heterocycles. The van der Waals surface area contributed by atoms with Crippen LogP contribution in [0.3, 0.4) is 0 Å². The molecule has 2 rings (SSSR count). The van der Waals surface area contributed by atoms with Gasteiger partial charge in [0.05, 0.1) is 6.54 Å². The average Bonchev–Trinajstić information content (AvgIpc) is 2.72. The molecule has 2 aromatic heterocycles. The average molecular weight is 255 g/mol. The van der Waals surface area contributed by atoms with Crippen LogP contribution in [-0.2, 0) is 4.79 Å². The molecule has 17 heavy (non-hydrogen) atoms. The summed E-state index contributed by atoms with van der Waals surface area (Å²) in [6.07, 6.45) is 1.37. The largest absolute Gasteiger partial charge is 0.361 e. The summed E-state index contributed by atoms with van der Waals surface area (Å²) in [5.74, 6) is 0.913. The number of hydrogen-bond acceptors (Lipinski definition) is 5. The lowest BCUT2D eigenvalue weighted by atomic mass is 10.5. The first-order chi connectivity index (χ1) is 8.08. The molecule has 0 spiro atoms. The van der Waals surface area contributed by atoms with E-state index in [4.69, 9.17) is 11.6 Å². The number of amides is 1. The molecule has 0 bridgehead atoms. The molecule has 0 aliphatic heterocycles. The fraction of sp³-hybridized carbons (Fsp3) is 0.333. The number of carbonyl (C=O) groups excluding carboxylic acids is 1. The van der Waals surface area contributed by atoms with E-state index in [0.29, 0.717) is 16.7 Å². The molecular formula is C9H11ClN6O. The van der Waals surface area contributed by atoms with Crippen molar-refractivity contribution in [3.05, 3.63) is 17.5 Å². The topological polar surface area (TPSA) is 75.4 Å². The van der Waals surface area contributed by atoms with Gasteiger partial charge < -0.3 is 10.2 Å². The first-order valence-electron chi connectivity index (χ1n) is 4.88. The molecule has 8 heteroatoms. The van der Waals surface area contributed by atoms with Crippen molar-refractivity contribution in [2.24, 2.45) is 0 Å². The molecule has 0 radical (unpaired) electrons. The van der Waals surface area contributed by atoms with Gasteiger partial charge in [-0.1, -0.05) is 11.6 Å². The number of nitrogens with one attached hydrogen (secondary N) is 1. The van der Waals surface area contributed by atoms with E-state index >= 15 is 0 Å². The van der Waals surface area contributed by atoms with Crippen LogP contribution in [0.5, 0.6) is 0 Å². The number of fused-ring (bicyclic) bond motifs is 1. The number of hydrogen-bond donors (Lipinski definition) is 1. The first-order valence-corrected chi connectivity index (χ1v) is 5.26. The lowest BCUT2D eigenvalue weighted by Gasteiger charge is -2.12. The Morgan fingerprint density at radius 1 is 1.59 bits per heavy atom. The molecular weight excluding hydrogens is 244 g/mol. The molecule has 0 unspecified atom stereocenters. The second-order valence-electron chi connectivity index (χ2n) is 3.58. The minimum absolute atomic E-state index is 0.0498. The summed E-state index contributed by atoms with van der Waals surface area (Å²) in [4.78, 5) is 20.8. The molecule has 0 aromatic carbocycles. The van der Waals surface area contributed by atoms with Gasteiger partial charge in [-0.3, -0.25) is 4.79 Å². The number of anilines is 1. The highest BCUT2D eigenvalue weighted by molar-refractivity contribution is 6.29. The van der Waals surface area contributed by atoms with E-state index in [1.54, 1.807) is 20.2 Å². The number of carbonyl (C=O) groups is 1. The second-order valence-corrected chi connectivity index (χ2v) is 3.96. The minimum atomic E-state index is -0.0498. The van der Waals surface area contributed by atoms with E-state index in [1.807, 2.05) is 0 Å². The molecule has 0 aliphatic rings. The first kappa shape index (κ1) is 11.6. The van der Waals surface area contributed by atoms with Gasteiger partial charge in [-0.05, 0) is 0 Å². The van der Waals surface area contributed by atoms with E-state index in [0.717, 1.165) is 0 Å². The van der Waals surface area contributed by atoms with Gasteiger partial charge in [0, 0.05) is 20.2 Å². The van der Waals surface area contributed by atoms with E-state index in [9.17, 15) is 4.79 Å². The monoisotopic (exact) mass is 254 g/mol. The van der Waals surface area contributed by atoms with E-state index < -0.39 is 0 Å². The lowest BCUT2D eigenvalue weighted by Crippen LogP contribution is -2.29. The van der Waals surface area contributed by atoms with Crippen molar-refractivity contribution in [1.29, 1.82) is 0 Å². The molecule has 90 valence electrons. The summed E-state index contributed by atoms with van der Waals surface area (Å²) >= 11 is 5.83. The van der Waals surface area contributed by atoms with Gasteiger partial charge in [0.2, 0.25) is 5.91 Å². The molecule has 1 N–H and O–H groups in total. The van der Waals surface area contributed by atoms with Crippen molar-refractivity contribution in [2.45, 2.75) is 0 Å². The van der Waals surface area contributed by atoms with Crippen molar-refractivity contribution >= 4 is 29.1 Å². The van der Waals surface area contributed by atoms with E-state index in [1.165, 1.54) is 15.7 Å². The van der Waals surface area contributed by atoms with Gasteiger partial charge >= 0.3 is 0 Å². The quantitative estimate of drug-likeness (QED) is 0.797. The van der Waals surface area contributed by atoms with E-state index in [2.05, 4.69) is 20.4 Å². The normalized spacial score (nSPS) is 10.5. The Morgan fingerprint density at radius 2 is 2.35 bits per heavy atom. The van der Waals surface area contributed by atoms with Crippen molar-refractivity contribution in [1.82, 2.24) is 24.5 Å². The van der Waals surface area contributed by atoms with Crippen molar-refractivity contribution in [3.8, 4) is 0 Å². The number of nitrogens with zero attached hydrogens (tertiary/aromatic N) is 5. The summed E-state index contributed by atoms with van der Waals surface area (Å²) in [5, 5.41) is 7.22. The minimum Gasteiger partial charge on any atom is -0.361 e. The summed E-state index contributed by atoms with van der Waals surface area (Å²) in [7, 11) is 3.38.